The van der Waals surface area contributed by atoms with Crippen molar-refractivity contribution in [3.63, 3.8) is 0 Å². The molecular weight excluding hydrogens is 272 g/mol. The molecule has 0 heterocycles. The van der Waals surface area contributed by atoms with Gasteiger partial charge in [0, 0.05) is 33.3 Å². The highest BCUT2D eigenvalue weighted by Crippen LogP contribution is 2.20. The molecule has 0 radical (unpaired) electrons. The van der Waals surface area contributed by atoms with Crippen molar-refractivity contribution in [3.8, 4) is 0 Å². The van der Waals surface area contributed by atoms with Crippen LogP contribution in [0.2, 0.25) is 0 Å². The number of methoxy groups -OCH3 is 1. The largest absolute Gasteiger partial charge is 0.397 e. The standard InChI is InChI=1S/C14H22N4O3/c1-18(2)14(20)10-4-5-12(11(15)8-10)17-9-13(19)16-6-7-21-3/h4-5,8,17H,6-7,9,15H2,1-3H3,(H,16,19). The number of carbonyl (C=O) groups is 2. The van der Waals surface area contributed by atoms with Crippen LogP contribution in [-0.4, -0.2) is 57.6 Å². The molecule has 0 aliphatic rings. The summed E-state index contributed by atoms with van der Waals surface area (Å²) in [5.74, 6) is -0.273. The van der Waals surface area contributed by atoms with Crippen molar-refractivity contribution in [3.05, 3.63) is 23.8 Å². The molecule has 2 amide bonds. The van der Waals surface area contributed by atoms with Crippen LogP contribution in [0, 0.1) is 0 Å². The fourth-order valence-corrected chi connectivity index (χ4v) is 1.65. The Morgan fingerprint density at radius 1 is 1.33 bits per heavy atom. The topological polar surface area (TPSA) is 96.7 Å². The Morgan fingerprint density at radius 2 is 2.05 bits per heavy atom. The molecule has 0 unspecified atom stereocenters. The van der Waals surface area contributed by atoms with E-state index in [1.807, 2.05) is 0 Å². The maximum Gasteiger partial charge on any atom is 0.253 e. The number of carbonyl (C=O) groups excluding carboxylic acids is 2. The number of amides is 2. The van der Waals surface area contributed by atoms with E-state index >= 15 is 0 Å². The summed E-state index contributed by atoms with van der Waals surface area (Å²) in [5.41, 5.74) is 7.43. The fourth-order valence-electron chi connectivity index (χ4n) is 1.65. The average Bonchev–Trinajstić information content (AvgIpc) is 2.45. The van der Waals surface area contributed by atoms with Gasteiger partial charge in [0.2, 0.25) is 5.91 Å². The number of anilines is 2. The second kappa shape index (κ2) is 8.11. The zero-order chi connectivity index (χ0) is 15.8. The summed E-state index contributed by atoms with van der Waals surface area (Å²) in [5, 5.41) is 5.62. The van der Waals surface area contributed by atoms with Crippen LogP contribution in [0.1, 0.15) is 10.4 Å². The molecule has 7 heteroatoms. The predicted octanol–water partition coefficient (Wildman–Crippen LogP) is 0.145. The first-order valence-electron chi connectivity index (χ1n) is 6.56. The zero-order valence-electron chi connectivity index (χ0n) is 12.6. The number of rotatable bonds is 7. The van der Waals surface area contributed by atoms with E-state index in [-0.39, 0.29) is 18.4 Å². The van der Waals surface area contributed by atoms with E-state index in [2.05, 4.69) is 10.6 Å². The fraction of sp³-hybridized carbons (Fsp3) is 0.429. The summed E-state index contributed by atoms with van der Waals surface area (Å²) in [6.45, 7) is 1.03. The molecule has 4 N–H and O–H groups in total. The smallest absolute Gasteiger partial charge is 0.253 e. The minimum Gasteiger partial charge on any atom is -0.397 e. The Morgan fingerprint density at radius 3 is 2.62 bits per heavy atom. The number of ether oxygens (including phenoxy) is 1. The van der Waals surface area contributed by atoms with E-state index in [4.69, 9.17) is 10.5 Å². The highest BCUT2D eigenvalue weighted by molar-refractivity contribution is 5.96. The van der Waals surface area contributed by atoms with E-state index in [9.17, 15) is 9.59 Å². The molecule has 0 fully saturated rings. The van der Waals surface area contributed by atoms with Crippen LogP contribution < -0.4 is 16.4 Å². The van der Waals surface area contributed by atoms with Gasteiger partial charge in [0.05, 0.1) is 24.5 Å². The molecule has 116 valence electrons. The molecule has 0 atom stereocenters. The number of nitrogens with one attached hydrogen (secondary N) is 2. The van der Waals surface area contributed by atoms with Crippen LogP contribution in [0.4, 0.5) is 11.4 Å². The van der Waals surface area contributed by atoms with Gasteiger partial charge in [-0.3, -0.25) is 9.59 Å². The van der Waals surface area contributed by atoms with Crippen LogP contribution in [0.3, 0.4) is 0 Å². The van der Waals surface area contributed by atoms with Gasteiger partial charge in [0.25, 0.3) is 5.91 Å². The summed E-state index contributed by atoms with van der Waals surface area (Å²) in [6, 6.07) is 4.95. The monoisotopic (exact) mass is 294 g/mol. The number of hydrogen-bond acceptors (Lipinski definition) is 5. The third-order valence-electron chi connectivity index (χ3n) is 2.77. The highest BCUT2D eigenvalue weighted by atomic mass is 16.5. The Hall–Kier alpha value is -2.28. The number of benzene rings is 1. The van der Waals surface area contributed by atoms with Gasteiger partial charge in [-0.2, -0.15) is 0 Å². The normalized spacial score (nSPS) is 10.0. The van der Waals surface area contributed by atoms with Gasteiger partial charge < -0.3 is 26.0 Å². The van der Waals surface area contributed by atoms with Crippen molar-refractivity contribution in [1.82, 2.24) is 10.2 Å². The molecule has 0 aromatic heterocycles. The van der Waals surface area contributed by atoms with Crippen LogP contribution in [0.25, 0.3) is 0 Å². The lowest BCUT2D eigenvalue weighted by Crippen LogP contribution is -2.32. The predicted molar refractivity (Wildman–Crippen MR) is 82.2 cm³/mol. The first kappa shape index (κ1) is 16.8. The molecule has 0 bridgehead atoms. The molecule has 1 aromatic rings. The molecule has 0 saturated heterocycles. The third-order valence-corrected chi connectivity index (χ3v) is 2.77. The molecule has 0 saturated carbocycles. The van der Waals surface area contributed by atoms with Crippen molar-refractivity contribution in [2.45, 2.75) is 0 Å². The van der Waals surface area contributed by atoms with Crippen molar-refractivity contribution < 1.29 is 14.3 Å². The second-order valence-electron chi connectivity index (χ2n) is 4.70. The lowest BCUT2D eigenvalue weighted by molar-refractivity contribution is -0.119. The third kappa shape index (κ3) is 5.31. The van der Waals surface area contributed by atoms with E-state index in [1.54, 1.807) is 39.4 Å². The van der Waals surface area contributed by atoms with E-state index in [0.717, 1.165) is 0 Å². The van der Waals surface area contributed by atoms with Crippen molar-refractivity contribution in [1.29, 1.82) is 0 Å². The SMILES string of the molecule is COCCNC(=O)CNc1ccc(C(=O)N(C)C)cc1N. The average molecular weight is 294 g/mol. The van der Waals surface area contributed by atoms with E-state index < -0.39 is 0 Å². The summed E-state index contributed by atoms with van der Waals surface area (Å²) in [6.07, 6.45) is 0. The van der Waals surface area contributed by atoms with Crippen LogP contribution in [-0.2, 0) is 9.53 Å². The van der Waals surface area contributed by atoms with Gasteiger partial charge in [-0.15, -0.1) is 0 Å². The summed E-state index contributed by atoms with van der Waals surface area (Å²) in [7, 11) is 4.92. The van der Waals surface area contributed by atoms with Crippen LogP contribution >= 0.6 is 0 Å². The molecule has 0 aliphatic heterocycles. The lowest BCUT2D eigenvalue weighted by Gasteiger charge is -2.13. The molecule has 7 nitrogen and oxygen atoms in total. The minimum absolute atomic E-state index is 0.106. The maximum atomic E-state index is 11.8. The quantitative estimate of drug-likeness (QED) is 0.491. The number of nitrogens with zero attached hydrogens (tertiary/aromatic N) is 1. The minimum atomic E-state index is -0.153. The molecular formula is C14H22N4O3. The van der Waals surface area contributed by atoms with Gasteiger partial charge in [0.15, 0.2) is 0 Å². The molecule has 21 heavy (non-hydrogen) atoms. The molecule has 1 rings (SSSR count). The van der Waals surface area contributed by atoms with Gasteiger partial charge in [-0.05, 0) is 18.2 Å². The zero-order valence-corrected chi connectivity index (χ0v) is 12.6. The van der Waals surface area contributed by atoms with Gasteiger partial charge in [-0.25, -0.2) is 0 Å². The Kier molecular flexibility index (Phi) is 6.48. The summed E-state index contributed by atoms with van der Waals surface area (Å²) in [4.78, 5) is 24.8. The number of hydrogen-bond donors (Lipinski definition) is 3. The number of nitrogen functional groups attached to an aromatic ring is 1. The maximum absolute atomic E-state index is 11.8. The van der Waals surface area contributed by atoms with E-state index in [0.29, 0.717) is 30.1 Å². The summed E-state index contributed by atoms with van der Waals surface area (Å²) >= 11 is 0. The second-order valence-corrected chi connectivity index (χ2v) is 4.70. The van der Waals surface area contributed by atoms with Crippen molar-refractivity contribution in [2.24, 2.45) is 0 Å². The first-order valence-corrected chi connectivity index (χ1v) is 6.56. The van der Waals surface area contributed by atoms with Gasteiger partial charge in [-0.1, -0.05) is 0 Å². The molecule has 0 aliphatic carbocycles. The Labute approximate surface area is 124 Å². The highest BCUT2D eigenvalue weighted by Gasteiger charge is 2.10. The summed E-state index contributed by atoms with van der Waals surface area (Å²) < 4.78 is 4.84. The molecule has 0 spiro atoms. The number of nitrogens with two attached hydrogens (primary N) is 1. The molecule has 1 aromatic carbocycles. The van der Waals surface area contributed by atoms with E-state index in [1.165, 1.54) is 4.90 Å². The van der Waals surface area contributed by atoms with Crippen molar-refractivity contribution in [2.75, 3.05) is 52.0 Å². The van der Waals surface area contributed by atoms with Crippen molar-refractivity contribution >= 4 is 23.2 Å². The first-order chi connectivity index (χ1) is 9.95. The van der Waals surface area contributed by atoms with Gasteiger partial charge in [0.1, 0.15) is 0 Å². The van der Waals surface area contributed by atoms with Gasteiger partial charge >= 0.3 is 0 Å². The van der Waals surface area contributed by atoms with Crippen LogP contribution in [0.15, 0.2) is 18.2 Å². The lowest BCUT2D eigenvalue weighted by atomic mass is 10.1. The Balaban J connectivity index is 2.57. The van der Waals surface area contributed by atoms with Crippen LogP contribution in [0.5, 0.6) is 0 Å². The Bertz CT molecular complexity index is 503.